The van der Waals surface area contributed by atoms with E-state index >= 15 is 0 Å². The maximum absolute atomic E-state index is 5.90. The van der Waals surface area contributed by atoms with Gasteiger partial charge < -0.3 is 4.84 Å². The maximum Gasteiger partial charge on any atom is 0.158 e. The van der Waals surface area contributed by atoms with Crippen LogP contribution in [-0.4, -0.2) is 35.8 Å². The van der Waals surface area contributed by atoms with Gasteiger partial charge in [-0.25, -0.2) is 0 Å². The minimum Gasteiger partial charge on any atom is -0.387 e. The molecule has 1 spiro atoms. The molecule has 3 saturated heterocycles. The lowest BCUT2D eigenvalue weighted by Gasteiger charge is -2.49. The van der Waals surface area contributed by atoms with Gasteiger partial charge in [0.2, 0.25) is 0 Å². The van der Waals surface area contributed by atoms with Crippen LogP contribution in [0.25, 0.3) is 0 Å². The molecule has 4 aliphatic rings. The van der Waals surface area contributed by atoms with E-state index in [0.717, 1.165) is 18.7 Å². The molecule has 3 fully saturated rings. The Kier molecular flexibility index (Phi) is 2.11. The molecule has 0 aromatic carbocycles. The highest BCUT2D eigenvalue weighted by molar-refractivity contribution is 7.12. The number of rotatable bonds is 1. The highest BCUT2D eigenvalue weighted by atomic mass is 32.1. The molecule has 5 rings (SSSR count). The third kappa shape index (κ3) is 1.47. The predicted molar refractivity (Wildman–Crippen MR) is 68.5 cm³/mol. The quantitative estimate of drug-likeness (QED) is 0.762. The molecule has 1 unspecified atom stereocenters. The van der Waals surface area contributed by atoms with Crippen LogP contribution in [0.2, 0.25) is 0 Å². The van der Waals surface area contributed by atoms with E-state index in [2.05, 4.69) is 27.6 Å². The summed E-state index contributed by atoms with van der Waals surface area (Å²) in [7, 11) is 0. The zero-order valence-electron chi connectivity index (χ0n) is 9.76. The van der Waals surface area contributed by atoms with Crippen LogP contribution >= 0.6 is 11.3 Å². The molecule has 1 aromatic rings. The van der Waals surface area contributed by atoms with Gasteiger partial charge in [-0.2, -0.15) is 0 Å². The number of fused-ring (bicyclic) bond motifs is 2. The third-order valence-electron chi connectivity index (χ3n) is 4.43. The van der Waals surface area contributed by atoms with Crippen LogP contribution in [0, 0.1) is 5.92 Å². The van der Waals surface area contributed by atoms with Crippen molar-refractivity contribution in [2.75, 3.05) is 19.6 Å². The molecule has 4 aliphatic heterocycles. The fourth-order valence-electron chi connectivity index (χ4n) is 3.50. The molecule has 3 nitrogen and oxygen atoms in total. The first-order valence-electron chi connectivity index (χ1n) is 6.37. The molecular formula is C13H16N2OS. The molecule has 0 N–H and O–H groups in total. The van der Waals surface area contributed by atoms with Gasteiger partial charge in [-0.05, 0) is 37.4 Å². The average molecular weight is 248 g/mol. The molecule has 0 aliphatic carbocycles. The minimum absolute atomic E-state index is 0.00975. The smallest absolute Gasteiger partial charge is 0.158 e. The van der Waals surface area contributed by atoms with Crippen LogP contribution < -0.4 is 0 Å². The molecule has 1 atom stereocenters. The number of thiophene rings is 1. The van der Waals surface area contributed by atoms with Crippen molar-refractivity contribution in [1.82, 2.24) is 4.90 Å². The van der Waals surface area contributed by atoms with Crippen LogP contribution in [0.15, 0.2) is 22.7 Å². The Hall–Kier alpha value is -0.870. The molecule has 4 heteroatoms. The van der Waals surface area contributed by atoms with Gasteiger partial charge in [0.05, 0.1) is 4.88 Å². The molecule has 5 heterocycles. The summed E-state index contributed by atoms with van der Waals surface area (Å²) in [5.74, 6) is 0.716. The normalized spacial score (nSPS) is 39.4. The van der Waals surface area contributed by atoms with Crippen molar-refractivity contribution < 1.29 is 4.84 Å². The summed E-state index contributed by atoms with van der Waals surface area (Å²) in [6, 6.07) is 4.23. The lowest BCUT2D eigenvalue weighted by atomic mass is 9.73. The summed E-state index contributed by atoms with van der Waals surface area (Å²) in [5, 5.41) is 6.48. The molecule has 0 saturated carbocycles. The molecule has 2 bridgehead atoms. The Balaban J connectivity index is 1.60. The SMILES string of the molecule is c1csc(C2=NOC3(C2)CN2CCC3CC2)c1. The molecular weight excluding hydrogens is 232 g/mol. The van der Waals surface area contributed by atoms with Gasteiger partial charge >= 0.3 is 0 Å². The second kappa shape index (κ2) is 3.56. The molecule has 1 aromatic heterocycles. The highest BCUT2D eigenvalue weighted by Crippen LogP contribution is 2.44. The van der Waals surface area contributed by atoms with E-state index in [4.69, 9.17) is 4.84 Å². The Bertz CT molecular complexity index is 448. The molecule has 90 valence electrons. The van der Waals surface area contributed by atoms with Crippen molar-refractivity contribution in [2.24, 2.45) is 11.1 Å². The second-order valence-electron chi connectivity index (χ2n) is 5.40. The molecule has 0 radical (unpaired) electrons. The number of oxime groups is 1. The number of piperidine rings is 3. The number of nitrogens with zero attached hydrogens (tertiary/aromatic N) is 2. The van der Waals surface area contributed by atoms with E-state index in [1.54, 1.807) is 11.3 Å². The van der Waals surface area contributed by atoms with Crippen molar-refractivity contribution in [1.29, 1.82) is 0 Å². The zero-order valence-corrected chi connectivity index (χ0v) is 10.6. The second-order valence-corrected chi connectivity index (χ2v) is 6.35. The standard InChI is InChI=1S/C13H16N2OS/c1-2-12(17-7-1)11-8-13(16-14-11)9-15-5-3-10(13)4-6-15/h1-2,7,10H,3-6,8-9H2. The summed E-state index contributed by atoms with van der Waals surface area (Å²) in [5.41, 5.74) is 1.17. The number of hydrogen-bond donors (Lipinski definition) is 0. The summed E-state index contributed by atoms with van der Waals surface area (Å²) >= 11 is 1.76. The van der Waals surface area contributed by atoms with E-state index in [-0.39, 0.29) is 5.60 Å². The molecule has 17 heavy (non-hydrogen) atoms. The Morgan fingerprint density at radius 3 is 2.94 bits per heavy atom. The summed E-state index contributed by atoms with van der Waals surface area (Å²) in [6.45, 7) is 3.59. The highest BCUT2D eigenvalue weighted by Gasteiger charge is 2.52. The van der Waals surface area contributed by atoms with Crippen molar-refractivity contribution in [3.05, 3.63) is 22.4 Å². The van der Waals surface area contributed by atoms with Crippen molar-refractivity contribution in [2.45, 2.75) is 24.9 Å². The summed E-state index contributed by atoms with van der Waals surface area (Å²) in [6.07, 6.45) is 3.58. The predicted octanol–water partition coefficient (Wildman–Crippen LogP) is 2.34. The van der Waals surface area contributed by atoms with Gasteiger partial charge in [-0.1, -0.05) is 11.2 Å². The Morgan fingerprint density at radius 1 is 1.41 bits per heavy atom. The minimum atomic E-state index is 0.00975. The first kappa shape index (κ1) is 10.1. The summed E-state index contributed by atoms with van der Waals surface area (Å²) < 4.78 is 0. The first-order chi connectivity index (χ1) is 8.36. The van der Waals surface area contributed by atoms with E-state index < -0.39 is 0 Å². The van der Waals surface area contributed by atoms with E-state index in [1.807, 2.05) is 0 Å². The van der Waals surface area contributed by atoms with E-state index in [0.29, 0.717) is 5.92 Å². The third-order valence-corrected chi connectivity index (χ3v) is 5.35. The van der Waals surface area contributed by atoms with Crippen LogP contribution in [0.1, 0.15) is 24.1 Å². The van der Waals surface area contributed by atoms with Crippen molar-refractivity contribution in [3.8, 4) is 0 Å². The first-order valence-corrected chi connectivity index (χ1v) is 7.25. The van der Waals surface area contributed by atoms with Gasteiger partial charge in [-0.3, -0.25) is 4.90 Å². The van der Waals surface area contributed by atoms with Crippen LogP contribution in [0.5, 0.6) is 0 Å². The summed E-state index contributed by atoms with van der Waals surface area (Å²) in [4.78, 5) is 9.72. The Labute approximate surface area is 105 Å². The number of hydrogen-bond acceptors (Lipinski definition) is 4. The molecule has 0 amide bonds. The van der Waals surface area contributed by atoms with E-state index in [9.17, 15) is 0 Å². The van der Waals surface area contributed by atoms with Gasteiger partial charge in [0.1, 0.15) is 5.71 Å². The average Bonchev–Trinajstić information content (AvgIpc) is 3.00. The van der Waals surface area contributed by atoms with Crippen LogP contribution in [0.4, 0.5) is 0 Å². The van der Waals surface area contributed by atoms with Crippen LogP contribution in [-0.2, 0) is 4.84 Å². The topological polar surface area (TPSA) is 24.8 Å². The van der Waals surface area contributed by atoms with E-state index in [1.165, 1.54) is 30.8 Å². The lowest BCUT2D eigenvalue weighted by Crippen LogP contribution is -2.59. The fourth-order valence-corrected chi connectivity index (χ4v) is 4.20. The van der Waals surface area contributed by atoms with Gasteiger partial charge in [-0.15, -0.1) is 11.3 Å². The van der Waals surface area contributed by atoms with Crippen molar-refractivity contribution in [3.63, 3.8) is 0 Å². The van der Waals surface area contributed by atoms with Crippen LogP contribution in [0.3, 0.4) is 0 Å². The maximum atomic E-state index is 5.90. The largest absolute Gasteiger partial charge is 0.387 e. The monoisotopic (exact) mass is 248 g/mol. The van der Waals surface area contributed by atoms with Crippen molar-refractivity contribution >= 4 is 17.0 Å². The Morgan fingerprint density at radius 2 is 2.29 bits per heavy atom. The van der Waals surface area contributed by atoms with Gasteiger partial charge in [0, 0.05) is 18.9 Å². The van der Waals surface area contributed by atoms with Gasteiger partial charge in [0.15, 0.2) is 5.60 Å². The van der Waals surface area contributed by atoms with Gasteiger partial charge in [0.25, 0.3) is 0 Å². The zero-order chi connectivity index (χ0) is 11.3. The fraction of sp³-hybridized carbons (Fsp3) is 0.615. The lowest BCUT2D eigenvalue weighted by molar-refractivity contribution is -0.136.